The molecule has 1 heterocycles. The fourth-order valence-corrected chi connectivity index (χ4v) is 1.93. The Hall–Kier alpha value is -3.22. The second-order valence-electron chi connectivity index (χ2n) is 4.27. The van der Waals surface area contributed by atoms with Crippen LogP contribution >= 0.6 is 0 Å². The number of aromatic nitrogens is 2. The summed E-state index contributed by atoms with van der Waals surface area (Å²) in [5.74, 6) is -0.655. The van der Waals surface area contributed by atoms with Crippen LogP contribution in [0.25, 0.3) is 10.8 Å². The molecule has 0 fully saturated rings. The van der Waals surface area contributed by atoms with Gasteiger partial charge in [0.25, 0.3) is 5.91 Å². The number of hydrogen-bond donors (Lipinski definition) is 2. The van der Waals surface area contributed by atoms with Crippen LogP contribution in [0.15, 0.2) is 52.2 Å². The Morgan fingerprint density at radius 2 is 2.00 bits per heavy atom. The van der Waals surface area contributed by atoms with Gasteiger partial charge in [-0.1, -0.05) is 42.5 Å². The maximum Gasteiger partial charge on any atom is 0.297 e. The molecule has 0 unspecified atom stereocenters. The van der Waals surface area contributed by atoms with Crippen molar-refractivity contribution < 1.29 is 9.42 Å². The lowest BCUT2D eigenvalue weighted by atomic mass is 10.1. The van der Waals surface area contributed by atoms with Crippen LogP contribution in [0.1, 0.15) is 16.1 Å². The average Bonchev–Trinajstić information content (AvgIpc) is 2.93. The van der Waals surface area contributed by atoms with Gasteiger partial charge in [-0.3, -0.25) is 4.79 Å². The van der Waals surface area contributed by atoms with E-state index in [1.54, 1.807) is 6.21 Å². The van der Waals surface area contributed by atoms with Crippen LogP contribution in [-0.2, 0) is 0 Å². The molecule has 0 aliphatic carbocycles. The van der Waals surface area contributed by atoms with Gasteiger partial charge in [-0.2, -0.15) is 5.10 Å². The summed E-state index contributed by atoms with van der Waals surface area (Å²) in [7, 11) is 0. The largest absolute Gasteiger partial charge is 0.379 e. The van der Waals surface area contributed by atoms with E-state index >= 15 is 0 Å². The number of carbonyl (C=O) groups excluding carboxylic acids is 1. The number of amides is 1. The van der Waals surface area contributed by atoms with E-state index in [-0.39, 0.29) is 11.5 Å². The molecule has 2 aromatic carbocycles. The van der Waals surface area contributed by atoms with E-state index in [1.807, 2.05) is 42.5 Å². The fraction of sp³-hybridized carbons (Fsp3) is 0. The minimum atomic E-state index is -0.578. The number of benzene rings is 2. The first-order valence-electron chi connectivity index (χ1n) is 6.15. The zero-order valence-electron chi connectivity index (χ0n) is 10.9. The zero-order valence-corrected chi connectivity index (χ0v) is 10.9. The molecular formula is C14H11N5O2. The number of nitrogens with one attached hydrogen (secondary N) is 1. The summed E-state index contributed by atoms with van der Waals surface area (Å²) in [6, 6.07) is 13.7. The highest BCUT2D eigenvalue weighted by Gasteiger charge is 2.14. The number of hydrogen-bond acceptors (Lipinski definition) is 6. The Balaban J connectivity index is 1.80. The van der Waals surface area contributed by atoms with Crippen molar-refractivity contribution in [1.82, 2.24) is 15.7 Å². The van der Waals surface area contributed by atoms with Crippen LogP contribution < -0.4 is 11.2 Å². The van der Waals surface area contributed by atoms with Gasteiger partial charge in [0.2, 0.25) is 11.5 Å². The molecule has 0 spiro atoms. The Morgan fingerprint density at radius 3 is 2.81 bits per heavy atom. The van der Waals surface area contributed by atoms with Crippen LogP contribution in [0.3, 0.4) is 0 Å². The van der Waals surface area contributed by atoms with Crippen LogP contribution in [-0.4, -0.2) is 22.4 Å². The highest BCUT2D eigenvalue weighted by atomic mass is 16.6. The third kappa shape index (κ3) is 2.57. The topological polar surface area (TPSA) is 106 Å². The number of nitrogen functional groups attached to an aromatic ring is 1. The van der Waals surface area contributed by atoms with Crippen LogP contribution in [0.2, 0.25) is 0 Å². The average molecular weight is 281 g/mol. The number of hydrazone groups is 1. The molecule has 0 atom stereocenters. The lowest BCUT2D eigenvalue weighted by Crippen LogP contribution is -2.19. The molecule has 0 saturated heterocycles. The Kier molecular flexibility index (Phi) is 3.30. The maximum absolute atomic E-state index is 11.7. The van der Waals surface area contributed by atoms with Gasteiger partial charge in [0, 0.05) is 5.56 Å². The molecule has 21 heavy (non-hydrogen) atoms. The van der Waals surface area contributed by atoms with E-state index in [4.69, 9.17) is 5.73 Å². The van der Waals surface area contributed by atoms with Gasteiger partial charge in [-0.15, -0.1) is 0 Å². The molecule has 104 valence electrons. The summed E-state index contributed by atoms with van der Waals surface area (Å²) in [5.41, 5.74) is 8.54. The third-order valence-electron chi connectivity index (χ3n) is 2.92. The van der Waals surface area contributed by atoms with Gasteiger partial charge in [0.15, 0.2) is 0 Å². The van der Waals surface area contributed by atoms with E-state index in [0.29, 0.717) is 0 Å². The Morgan fingerprint density at radius 1 is 1.19 bits per heavy atom. The number of rotatable bonds is 3. The lowest BCUT2D eigenvalue weighted by molar-refractivity contribution is 0.0946. The van der Waals surface area contributed by atoms with Gasteiger partial charge in [-0.25, -0.2) is 10.1 Å². The molecule has 0 aliphatic heterocycles. The quantitative estimate of drug-likeness (QED) is 0.559. The van der Waals surface area contributed by atoms with E-state index in [2.05, 4.69) is 25.5 Å². The van der Waals surface area contributed by atoms with Crippen LogP contribution in [0.4, 0.5) is 5.82 Å². The number of carbonyl (C=O) groups is 1. The van der Waals surface area contributed by atoms with Crippen molar-refractivity contribution in [3.8, 4) is 0 Å². The van der Waals surface area contributed by atoms with Crippen molar-refractivity contribution in [2.75, 3.05) is 5.73 Å². The summed E-state index contributed by atoms with van der Waals surface area (Å²) < 4.78 is 4.35. The summed E-state index contributed by atoms with van der Waals surface area (Å²) >= 11 is 0. The number of nitrogens with zero attached hydrogens (tertiary/aromatic N) is 3. The molecule has 0 saturated carbocycles. The molecule has 0 bridgehead atoms. The monoisotopic (exact) mass is 281 g/mol. The molecule has 0 aliphatic rings. The van der Waals surface area contributed by atoms with Crippen molar-refractivity contribution >= 4 is 28.7 Å². The first-order chi connectivity index (χ1) is 10.3. The van der Waals surface area contributed by atoms with E-state index in [0.717, 1.165) is 16.3 Å². The van der Waals surface area contributed by atoms with Crippen molar-refractivity contribution in [1.29, 1.82) is 0 Å². The lowest BCUT2D eigenvalue weighted by Gasteiger charge is -2.01. The Bertz CT molecular complexity index is 820. The van der Waals surface area contributed by atoms with E-state index < -0.39 is 5.91 Å². The summed E-state index contributed by atoms with van der Waals surface area (Å²) in [4.78, 5) is 11.7. The molecule has 0 radical (unpaired) electrons. The van der Waals surface area contributed by atoms with Crippen LogP contribution in [0.5, 0.6) is 0 Å². The predicted octanol–water partition coefficient (Wildman–Crippen LogP) is 1.57. The second-order valence-corrected chi connectivity index (χ2v) is 4.27. The minimum absolute atomic E-state index is 0.0761. The zero-order chi connectivity index (χ0) is 14.7. The fourth-order valence-electron chi connectivity index (χ4n) is 1.93. The summed E-state index contributed by atoms with van der Waals surface area (Å²) in [5, 5.41) is 12.8. The SMILES string of the molecule is Nc1nonc1C(=O)NN=Cc1cccc2ccccc12. The van der Waals surface area contributed by atoms with Gasteiger partial charge in [-0.05, 0) is 21.1 Å². The molecule has 1 aromatic heterocycles. The van der Waals surface area contributed by atoms with Gasteiger partial charge in [0.05, 0.1) is 6.21 Å². The van der Waals surface area contributed by atoms with E-state index in [9.17, 15) is 4.79 Å². The highest BCUT2D eigenvalue weighted by molar-refractivity contribution is 6.01. The van der Waals surface area contributed by atoms with Gasteiger partial charge in [0.1, 0.15) is 0 Å². The molecular weight excluding hydrogens is 270 g/mol. The van der Waals surface area contributed by atoms with Crippen molar-refractivity contribution in [3.05, 3.63) is 53.7 Å². The molecule has 7 heteroatoms. The second kappa shape index (κ2) is 5.41. The number of nitrogens with two attached hydrogens (primary N) is 1. The Labute approximate surface area is 119 Å². The summed E-state index contributed by atoms with van der Waals surface area (Å²) in [6.07, 6.45) is 1.56. The molecule has 1 amide bonds. The molecule has 3 aromatic rings. The molecule has 3 N–H and O–H groups in total. The first kappa shape index (κ1) is 12.8. The third-order valence-corrected chi connectivity index (χ3v) is 2.92. The van der Waals surface area contributed by atoms with Gasteiger partial charge >= 0.3 is 0 Å². The smallest absolute Gasteiger partial charge is 0.297 e. The van der Waals surface area contributed by atoms with Crippen LogP contribution in [0, 0.1) is 0 Å². The first-order valence-corrected chi connectivity index (χ1v) is 6.15. The van der Waals surface area contributed by atoms with Crippen molar-refractivity contribution in [2.24, 2.45) is 5.10 Å². The number of anilines is 1. The number of fused-ring (bicyclic) bond motifs is 1. The minimum Gasteiger partial charge on any atom is -0.379 e. The standard InChI is InChI=1S/C14H11N5O2/c15-13-12(18-21-19-13)14(20)17-16-8-10-6-3-5-9-4-1-2-7-11(9)10/h1-8H,(H2,15,19)(H,17,20). The molecule has 7 nitrogen and oxygen atoms in total. The maximum atomic E-state index is 11.7. The molecule has 3 rings (SSSR count). The predicted molar refractivity (Wildman–Crippen MR) is 77.7 cm³/mol. The highest BCUT2D eigenvalue weighted by Crippen LogP contribution is 2.16. The van der Waals surface area contributed by atoms with Gasteiger partial charge < -0.3 is 5.73 Å². The van der Waals surface area contributed by atoms with E-state index in [1.165, 1.54) is 0 Å². The van der Waals surface area contributed by atoms with Crippen molar-refractivity contribution in [3.63, 3.8) is 0 Å². The van der Waals surface area contributed by atoms with Crippen molar-refractivity contribution in [2.45, 2.75) is 0 Å². The normalized spacial score (nSPS) is 11.0. The summed E-state index contributed by atoms with van der Waals surface area (Å²) in [6.45, 7) is 0.